The van der Waals surface area contributed by atoms with Crippen LogP contribution in [0.4, 0.5) is 0 Å². The van der Waals surface area contributed by atoms with E-state index in [0.717, 1.165) is 37.8 Å². The largest absolute Gasteiger partial charge is 0.345 e. The maximum atomic E-state index is 12.3. The molecule has 8 heteroatoms. The molecule has 1 saturated carbocycles. The van der Waals surface area contributed by atoms with Crippen molar-refractivity contribution in [2.24, 2.45) is 11.1 Å². The van der Waals surface area contributed by atoms with Crippen molar-refractivity contribution in [3.05, 3.63) is 18.5 Å². The number of oxime groups is 1. The van der Waals surface area contributed by atoms with Crippen molar-refractivity contribution in [2.45, 2.75) is 51.1 Å². The van der Waals surface area contributed by atoms with E-state index in [1.54, 1.807) is 23.4 Å². The Bertz CT molecular complexity index is 687. The molecule has 8 nitrogen and oxygen atoms in total. The number of carbonyl (C=O) groups excluding carboxylic acids is 1. The molecule has 1 aliphatic heterocycles. The van der Waals surface area contributed by atoms with Crippen molar-refractivity contribution in [3.63, 3.8) is 0 Å². The van der Waals surface area contributed by atoms with Crippen molar-refractivity contribution in [1.29, 1.82) is 5.26 Å². The second-order valence-corrected chi connectivity index (χ2v) is 6.82. The fourth-order valence-electron chi connectivity index (χ4n) is 3.60. The van der Waals surface area contributed by atoms with Crippen LogP contribution in [0.15, 0.2) is 23.6 Å². The third-order valence-electron chi connectivity index (χ3n) is 5.10. The molecule has 3 atom stereocenters. The second kappa shape index (κ2) is 8.72. The number of nitriles is 1. The number of carbonyl (C=O) groups is 1. The molecule has 1 saturated heterocycles. The van der Waals surface area contributed by atoms with Crippen LogP contribution < -0.4 is 10.2 Å². The summed E-state index contributed by atoms with van der Waals surface area (Å²) in [6.07, 6.45) is 7.83. The highest BCUT2D eigenvalue weighted by molar-refractivity contribution is 5.84. The Morgan fingerprint density at radius 1 is 1.42 bits per heavy atom. The maximum absolute atomic E-state index is 12.3. The van der Waals surface area contributed by atoms with Crippen LogP contribution in [0.25, 0.3) is 0 Å². The van der Waals surface area contributed by atoms with E-state index in [2.05, 4.69) is 26.5 Å². The van der Waals surface area contributed by atoms with Crippen molar-refractivity contribution < 1.29 is 9.63 Å². The van der Waals surface area contributed by atoms with Gasteiger partial charge in [0.2, 0.25) is 5.91 Å². The quantitative estimate of drug-likeness (QED) is 0.612. The van der Waals surface area contributed by atoms with Crippen molar-refractivity contribution in [1.82, 2.24) is 20.2 Å². The molecule has 1 amide bonds. The Morgan fingerprint density at radius 2 is 2.23 bits per heavy atom. The molecule has 2 fully saturated rings. The lowest BCUT2D eigenvalue weighted by Crippen LogP contribution is -2.43. The molecular formula is C18H24N6O2. The minimum Gasteiger partial charge on any atom is -0.326 e. The summed E-state index contributed by atoms with van der Waals surface area (Å²) < 4.78 is 0. The zero-order valence-corrected chi connectivity index (χ0v) is 15.0. The Kier molecular flexibility index (Phi) is 6.12. The summed E-state index contributed by atoms with van der Waals surface area (Å²) in [7, 11) is 0. The first-order valence-electron chi connectivity index (χ1n) is 9.08. The van der Waals surface area contributed by atoms with Gasteiger partial charge < -0.3 is 15.1 Å². The number of nitrogens with zero attached hydrogens (tertiary/aromatic N) is 5. The van der Waals surface area contributed by atoms with Crippen LogP contribution in [0.5, 0.6) is 6.01 Å². The molecule has 1 N–H and O–H groups in total. The molecule has 0 aromatic carbocycles. The monoisotopic (exact) mass is 356 g/mol. The van der Waals surface area contributed by atoms with Gasteiger partial charge in [0.1, 0.15) is 6.04 Å². The standard InChI is InChI=1S/C18H24N6O2/c1-13(23-26-18-20-7-3-8-21-18)14-5-6-15(10-14)22-12-17(25)24-9-2-4-16(24)11-19/h3,7-8,14-16,22H,2,4-6,9-10,12H2,1H3/b23-13+/t14-,15+,16-/m0/s1. The topological polar surface area (TPSA) is 104 Å². The van der Waals surface area contributed by atoms with Gasteiger partial charge >= 0.3 is 6.01 Å². The Balaban J connectivity index is 1.43. The Morgan fingerprint density at radius 3 is 3.00 bits per heavy atom. The molecule has 2 heterocycles. The fourth-order valence-corrected chi connectivity index (χ4v) is 3.60. The third kappa shape index (κ3) is 4.55. The summed E-state index contributed by atoms with van der Waals surface area (Å²) in [6, 6.07) is 4.20. The van der Waals surface area contributed by atoms with Crippen LogP contribution in [0.3, 0.4) is 0 Å². The average Bonchev–Trinajstić information content (AvgIpc) is 3.34. The molecule has 1 aromatic rings. The number of hydrogen-bond acceptors (Lipinski definition) is 7. The van der Waals surface area contributed by atoms with Gasteiger partial charge in [0.05, 0.1) is 18.3 Å². The number of rotatable bonds is 6. The first kappa shape index (κ1) is 18.3. The zero-order chi connectivity index (χ0) is 18.4. The highest BCUT2D eigenvalue weighted by atomic mass is 16.6. The van der Waals surface area contributed by atoms with E-state index in [4.69, 9.17) is 10.1 Å². The molecule has 0 bridgehead atoms. The van der Waals surface area contributed by atoms with Crippen molar-refractivity contribution in [2.75, 3.05) is 13.1 Å². The number of likely N-dealkylation sites (tertiary alicyclic amines) is 1. The molecule has 26 heavy (non-hydrogen) atoms. The van der Waals surface area contributed by atoms with Crippen LogP contribution in [0.2, 0.25) is 0 Å². The summed E-state index contributed by atoms with van der Waals surface area (Å²) >= 11 is 0. The fraction of sp³-hybridized carbons (Fsp3) is 0.611. The van der Waals surface area contributed by atoms with E-state index in [9.17, 15) is 4.79 Å². The lowest BCUT2D eigenvalue weighted by atomic mass is 10.0. The number of hydrogen-bond donors (Lipinski definition) is 1. The van der Waals surface area contributed by atoms with E-state index in [1.165, 1.54) is 0 Å². The van der Waals surface area contributed by atoms with Crippen LogP contribution in [-0.2, 0) is 4.79 Å². The average molecular weight is 356 g/mol. The van der Waals surface area contributed by atoms with Gasteiger partial charge in [-0.25, -0.2) is 9.97 Å². The molecule has 3 rings (SSSR count). The third-order valence-corrected chi connectivity index (χ3v) is 5.10. The maximum Gasteiger partial charge on any atom is 0.345 e. The van der Waals surface area contributed by atoms with E-state index in [1.807, 2.05) is 6.92 Å². The number of aromatic nitrogens is 2. The lowest BCUT2D eigenvalue weighted by molar-refractivity contribution is -0.130. The van der Waals surface area contributed by atoms with Crippen LogP contribution >= 0.6 is 0 Å². The highest BCUT2D eigenvalue weighted by Gasteiger charge is 2.30. The van der Waals surface area contributed by atoms with Gasteiger partial charge in [-0.15, -0.1) is 0 Å². The second-order valence-electron chi connectivity index (χ2n) is 6.82. The predicted octanol–water partition coefficient (Wildman–Crippen LogP) is 1.50. The normalized spacial score (nSPS) is 25.9. The molecule has 0 spiro atoms. The van der Waals surface area contributed by atoms with Crippen molar-refractivity contribution in [3.8, 4) is 12.1 Å². The van der Waals surface area contributed by atoms with Gasteiger partial charge in [0, 0.05) is 30.9 Å². The first-order valence-corrected chi connectivity index (χ1v) is 9.08. The minimum atomic E-state index is -0.257. The predicted molar refractivity (Wildman–Crippen MR) is 95.2 cm³/mol. The van der Waals surface area contributed by atoms with Crippen LogP contribution in [-0.4, -0.2) is 51.7 Å². The van der Waals surface area contributed by atoms with E-state index in [-0.39, 0.29) is 24.0 Å². The van der Waals surface area contributed by atoms with E-state index in [0.29, 0.717) is 19.0 Å². The summed E-state index contributed by atoms with van der Waals surface area (Å²) in [5.41, 5.74) is 0.914. The first-order chi connectivity index (χ1) is 12.7. The van der Waals surface area contributed by atoms with Gasteiger partial charge in [0.15, 0.2) is 0 Å². The van der Waals surface area contributed by atoms with E-state index < -0.39 is 0 Å². The molecular weight excluding hydrogens is 332 g/mol. The minimum absolute atomic E-state index is 0.0208. The van der Waals surface area contributed by atoms with Crippen LogP contribution in [0, 0.1) is 17.2 Å². The van der Waals surface area contributed by atoms with Gasteiger partial charge in [-0.2, -0.15) is 5.26 Å². The van der Waals surface area contributed by atoms with Crippen LogP contribution in [0.1, 0.15) is 39.0 Å². The molecule has 2 aliphatic rings. The molecule has 0 radical (unpaired) electrons. The molecule has 1 aromatic heterocycles. The van der Waals surface area contributed by atoms with E-state index >= 15 is 0 Å². The smallest absolute Gasteiger partial charge is 0.326 e. The summed E-state index contributed by atoms with van der Waals surface area (Å²) in [5, 5.41) is 16.6. The lowest BCUT2D eigenvalue weighted by Gasteiger charge is -2.21. The Labute approximate surface area is 153 Å². The highest BCUT2D eigenvalue weighted by Crippen LogP contribution is 2.27. The SMILES string of the molecule is C/C(=N\Oc1ncccn1)[C@H]1CC[C@@H](NCC(=O)N2CCC[C@H]2C#N)C1. The Hall–Kier alpha value is -2.53. The van der Waals surface area contributed by atoms with Gasteiger partial charge in [0.25, 0.3) is 0 Å². The van der Waals surface area contributed by atoms with Gasteiger partial charge in [-0.1, -0.05) is 5.16 Å². The summed E-state index contributed by atoms with van der Waals surface area (Å²) in [5.74, 6) is 0.345. The molecule has 0 unspecified atom stereocenters. The molecule has 138 valence electrons. The zero-order valence-electron chi connectivity index (χ0n) is 15.0. The summed E-state index contributed by atoms with van der Waals surface area (Å²) in [6.45, 7) is 2.93. The summed E-state index contributed by atoms with van der Waals surface area (Å²) in [4.78, 5) is 27.2. The number of amides is 1. The van der Waals surface area contributed by atoms with Gasteiger partial charge in [-0.05, 0) is 45.1 Å². The van der Waals surface area contributed by atoms with Crippen molar-refractivity contribution >= 4 is 11.6 Å². The number of nitrogens with one attached hydrogen (secondary N) is 1. The molecule has 1 aliphatic carbocycles. The van der Waals surface area contributed by atoms with Gasteiger partial charge in [-0.3, -0.25) is 4.79 Å².